The predicted molar refractivity (Wildman–Crippen MR) is 98.2 cm³/mol. The van der Waals surface area contributed by atoms with Crippen molar-refractivity contribution in [3.05, 3.63) is 18.2 Å². The standard InChI is InChI=1S/C17H26N2O6S/c1-23-13-6-7-16(24-2)15(11-13)18-17(20)8-9-19(26(3,21)22)12-14-5-4-10-25-14/h6-7,11,14H,4-5,8-10,12H2,1-3H3,(H,18,20). The van der Waals surface area contributed by atoms with E-state index in [1.165, 1.54) is 18.5 Å². The van der Waals surface area contributed by atoms with Crippen molar-refractivity contribution < 1.29 is 27.4 Å². The minimum Gasteiger partial charge on any atom is -0.497 e. The molecule has 1 aromatic carbocycles. The molecule has 1 N–H and O–H groups in total. The normalized spacial score (nSPS) is 17.3. The molecule has 0 bridgehead atoms. The van der Waals surface area contributed by atoms with Crippen molar-refractivity contribution in [2.75, 3.05) is 45.5 Å². The summed E-state index contributed by atoms with van der Waals surface area (Å²) in [5, 5.41) is 2.74. The van der Waals surface area contributed by atoms with E-state index >= 15 is 0 Å². The fourth-order valence-electron chi connectivity index (χ4n) is 2.76. The van der Waals surface area contributed by atoms with Gasteiger partial charge >= 0.3 is 0 Å². The molecule has 1 aliphatic rings. The van der Waals surface area contributed by atoms with E-state index in [1.54, 1.807) is 18.2 Å². The molecule has 26 heavy (non-hydrogen) atoms. The van der Waals surface area contributed by atoms with Crippen LogP contribution in [0.2, 0.25) is 0 Å². The van der Waals surface area contributed by atoms with Crippen LogP contribution in [0.25, 0.3) is 0 Å². The Morgan fingerprint density at radius 1 is 1.35 bits per heavy atom. The molecule has 1 amide bonds. The predicted octanol–water partition coefficient (Wildman–Crippen LogP) is 1.47. The number of ether oxygens (including phenoxy) is 3. The lowest BCUT2D eigenvalue weighted by Crippen LogP contribution is -2.38. The molecule has 1 saturated heterocycles. The number of amides is 1. The lowest BCUT2D eigenvalue weighted by molar-refractivity contribution is -0.116. The molecule has 146 valence electrons. The van der Waals surface area contributed by atoms with Gasteiger partial charge in [-0.3, -0.25) is 4.79 Å². The number of nitrogens with zero attached hydrogens (tertiary/aromatic N) is 1. The highest BCUT2D eigenvalue weighted by molar-refractivity contribution is 7.88. The molecule has 8 nitrogen and oxygen atoms in total. The molecule has 1 atom stereocenters. The van der Waals surface area contributed by atoms with Crippen LogP contribution in [-0.2, 0) is 19.6 Å². The van der Waals surface area contributed by atoms with Crippen LogP contribution in [-0.4, -0.2) is 64.9 Å². The van der Waals surface area contributed by atoms with E-state index in [1.807, 2.05) is 0 Å². The molecule has 1 aliphatic heterocycles. The molecule has 2 rings (SSSR count). The second kappa shape index (κ2) is 9.20. The van der Waals surface area contributed by atoms with Crippen LogP contribution < -0.4 is 14.8 Å². The Morgan fingerprint density at radius 3 is 2.69 bits per heavy atom. The van der Waals surface area contributed by atoms with Crippen molar-refractivity contribution in [2.45, 2.75) is 25.4 Å². The number of carbonyl (C=O) groups excluding carboxylic acids is 1. The monoisotopic (exact) mass is 386 g/mol. The minimum atomic E-state index is -3.42. The molecular formula is C17H26N2O6S. The van der Waals surface area contributed by atoms with Gasteiger partial charge in [-0.1, -0.05) is 0 Å². The van der Waals surface area contributed by atoms with Crippen molar-refractivity contribution in [3.63, 3.8) is 0 Å². The quantitative estimate of drug-likeness (QED) is 0.691. The van der Waals surface area contributed by atoms with E-state index in [2.05, 4.69) is 5.32 Å². The third kappa shape index (κ3) is 5.86. The maximum absolute atomic E-state index is 12.3. The number of anilines is 1. The van der Waals surface area contributed by atoms with Crippen molar-refractivity contribution in [3.8, 4) is 11.5 Å². The summed E-state index contributed by atoms with van der Waals surface area (Å²) in [4.78, 5) is 12.3. The molecule has 1 unspecified atom stereocenters. The maximum atomic E-state index is 12.3. The van der Waals surface area contributed by atoms with Gasteiger partial charge in [-0.2, -0.15) is 4.31 Å². The summed E-state index contributed by atoms with van der Waals surface area (Å²) in [5.74, 6) is 0.772. The van der Waals surface area contributed by atoms with Gasteiger partial charge in [0, 0.05) is 32.2 Å². The van der Waals surface area contributed by atoms with Crippen LogP contribution in [0.5, 0.6) is 11.5 Å². The van der Waals surface area contributed by atoms with Crippen molar-refractivity contribution >= 4 is 21.6 Å². The second-order valence-corrected chi connectivity index (χ2v) is 8.10. The average molecular weight is 386 g/mol. The Kier molecular flexibility index (Phi) is 7.24. The Balaban J connectivity index is 1.97. The van der Waals surface area contributed by atoms with Crippen molar-refractivity contribution in [1.29, 1.82) is 0 Å². The van der Waals surface area contributed by atoms with E-state index in [9.17, 15) is 13.2 Å². The first-order valence-electron chi connectivity index (χ1n) is 8.42. The Labute approximate surface area is 154 Å². The van der Waals surface area contributed by atoms with Crippen LogP contribution >= 0.6 is 0 Å². The number of hydrogen-bond donors (Lipinski definition) is 1. The number of nitrogens with one attached hydrogen (secondary N) is 1. The molecule has 1 fully saturated rings. The van der Waals surface area contributed by atoms with Crippen molar-refractivity contribution in [1.82, 2.24) is 4.31 Å². The highest BCUT2D eigenvalue weighted by Crippen LogP contribution is 2.29. The molecule has 0 radical (unpaired) electrons. The van der Waals surface area contributed by atoms with E-state index < -0.39 is 10.0 Å². The summed E-state index contributed by atoms with van der Waals surface area (Å²) in [6.07, 6.45) is 2.83. The fraction of sp³-hybridized carbons (Fsp3) is 0.588. The molecule has 1 aromatic rings. The van der Waals surface area contributed by atoms with Gasteiger partial charge in [0.15, 0.2) is 0 Å². The fourth-order valence-corrected chi connectivity index (χ4v) is 3.62. The summed E-state index contributed by atoms with van der Waals surface area (Å²) in [6, 6.07) is 5.06. The summed E-state index contributed by atoms with van der Waals surface area (Å²) >= 11 is 0. The zero-order valence-corrected chi connectivity index (χ0v) is 16.2. The first-order valence-corrected chi connectivity index (χ1v) is 10.3. The molecule has 0 spiro atoms. The number of methoxy groups -OCH3 is 2. The lowest BCUT2D eigenvalue weighted by atomic mass is 10.2. The molecule has 0 aromatic heterocycles. The third-order valence-corrected chi connectivity index (χ3v) is 5.44. The van der Waals surface area contributed by atoms with Gasteiger partial charge in [-0.05, 0) is 25.0 Å². The SMILES string of the molecule is COc1ccc(OC)c(NC(=O)CCN(CC2CCCO2)S(C)(=O)=O)c1. The Bertz CT molecular complexity index is 716. The zero-order valence-electron chi connectivity index (χ0n) is 15.4. The minimum absolute atomic E-state index is 0.0279. The zero-order chi connectivity index (χ0) is 19.2. The number of carbonyl (C=O) groups is 1. The van der Waals surface area contributed by atoms with Crippen LogP contribution in [0.4, 0.5) is 5.69 Å². The molecule has 1 heterocycles. The van der Waals surface area contributed by atoms with E-state index in [-0.39, 0.29) is 31.5 Å². The Hall–Kier alpha value is -1.84. The van der Waals surface area contributed by atoms with Crippen LogP contribution in [0.1, 0.15) is 19.3 Å². The van der Waals surface area contributed by atoms with Gasteiger partial charge in [-0.25, -0.2) is 8.42 Å². The first kappa shape index (κ1) is 20.5. The van der Waals surface area contributed by atoms with Crippen molar-refractivity contribution in [2.24, 2.45) is 0 Å². The molecule has 0 saturated carbocycles. The van der Waals surface area contributed by atoms with Gasteiger partial charge in [0.05, 0.1) is 32.3 Å². The average Bonchev–Trinajstić information content (AvgIpc) is 3.10. The molecule has 9 heteroatoms. The summed E-state index contributed by atoms with van der Waals surface area (Å²) in [6.45, 7) is 1.02. The molecule has 0 aliphatic carbocycles. The second-order valence-electron chi connectivity index (χ2n) is 6.12. The van der Waals surface area contributed by atoms with Gasteiger partial charge in [0.25, 0.3) is 0 Å². The van der Waals surface area contributed by atoms with E-state index in [4.69, 9.17) is 14.2 Å². The summed E-state index contributed by atoms with van der Waals surface area (Å²) in [5.41, 5.74) is 0.474. The van der Waals surface area contributed by atoms with E-state index in [0.29, 0.717) is 23.8 Å². The largest absolute Gasteiger partial charge is 0.497 e. The summed E-state index contributed by atoms with van der Waals surface area (Å²) in [7, 11) is -0.381. The lowest BCUT2D eigenvalue weighted by Gasteiger charge is -2.22. The first-order chi connectivity index (χ1) is 12.3. The number of sulfonamides is 1. The Morgan fingerprint density at radius 2 is 2.12 bits per heavy atom. The number of benzene rings is 1. The highest BCUT2D eigenvalue weighted by Gasteiger charge is 2.25. The number of rotatable bonds is 9. The molecular weight excluding hydrogens is 360 g/mol. The maximum Gasteiger partial charge on any atom is 0.225 e. The summed E-state index contributed by atoms with van der Waals surface area (Å²) < 4.78 is 41.1. The number of hydrogen-bond acceptors (Lipinski definition) is 6. The van der Waals surface area contributed by atoms with Gasteiger partial charge in [0.2, 0.25) is 15.9 Å². The van der Waals surface area contributed by atoms with Crippen LogP contribution in [0.15, 0.2) is 18.2 Å². The highest BCUT2D eigenvalue weighted by atomic mass is 32.2. The van der Waals surface area contributed by atoms with E-state index in [0.717, 1.165) is 19.1 Å². The van der Waals surface area contributed by atoms with Crippen LogP contribution in [0.3, 0.4) is 0 Å². The van der Waals surface area contributed by atoms with Crippen LogP contribution in [0, 0.1) is 0 Å². The third-order valence-electron chi connectivity index (χ3n) is 4.17. The topological polar surface area (TPSA) is 94.2 Å². The van der Waals surface area contributed by atoms with Gasteiger partial charge in [0.1, 0.15) is 11.5 Å². The van der Waals surface area contributed by atoms with Gasteiger partial charge in [-0.15, -0.1) is 0 Å². The van der Waals surface area contributed by atoms with Gasteiger partial charge < -0.3 is 19.5 Å². The smallest absolute Gasteiger partial charge is 0.225 e.